The Kier molecular flexibility index (Phi) is 7.77. The van der Waals surface area contributed by atoms with Crippen LogP contribution >= 0.6 is 34.3 Å². The number of aliphatic imine (C=N–C) groups is 1. The van der Waals surface area contributed by atoms with E-state index in [9.17, 15) is 4.79 Å². The Morgan fingerprint density at radius 1 is 1.10 bits per heavy atom. The van der Waals surface area contributed by atoms with Crippen LogP contribution in [0.3, 0.4) is 0 Å². The third kappa shape index (κ3) is 5.41. The maximum Gasteiger partial charge on any atom is 0.222 e. The molecule has 0 bridgehead atoms. The number of nitrogens with one attached hydrogen (secondary N) is 2. The van der Waals surface area contributed by atoms with Gasteiger partial charge in [-0.15, -0.1) is 32.9 Å². The van der Waals surface area contributed by atoms with Gasteiger partial charge in [0, 0.05) is 39.8 Å². The molecule has 0 unspecified atom stereocenters. The average Bonchev–Trinajstić information content (AvgIpc) is 3.63. The van der Waals surface area contributed by atoms with Gasteiger partial charge in [-0.1, -0.05) is 23.7 Å². The first-order valence-corrected chi connectivity index (χ1v) is 15.5. The topological polar surface area (TPSA) is 121 Å². The monoisotopic (exact) mass is 614 g/mol. The highest BCUT2D eigenvalue weighted by molar-refractivity contribution is 7.19. The number of aryl methyl sites for hydroxylation is 2. The fraction of sp³-hybridized carbons (Fsp3) is 0.267. The van der Waals surface area contributed by atoms with Crippen LogP contribution in [0.2, 0.25) is 5.02 Å². The normalized spacial score (nSPS) is 14.1. The molecule has 0 saturated heterocycles. The van der Waals surface area contributed by atoms with Crippen molar-refractivity contribution in [3.63, 3.8) is 0 Å². The molecule has 0 radical (unpaired) electrons. The van der Waals surface area contributed by atoms with Crippen molar-refractivity contribution >= 4 is 61.8 Å². The van der Waals surface area contributed by atoms with Crippen molar-refractivity contribution in [2.45, 2.75) is 39.7 Å². The number of fused-ring (bicyclic) bond motifs is 4. The number of benzene rings is 2. The smallest absolute Gasteiger partial charge is 0.222 e. The average molecular weight is 615 g/mol. The molecule has 1 amide bonds. The van der Waals surface area contributed by atoms with Crippen LogP contribution in [0.5, 0.6) is 0 Å². The van der Waals surface area contributed by atoms with Crippen molar-refractivity contribution in [1.29, 1.82) is 5.26 Å². The van der Waals surface area contributed by atoms with E-state index in [1.807, 2.05) is 54.0 Å². The van der Waals surface area contributed by atoms with Crippen LogP contribution in [0.1, 0.15) is 57.1 Å². The Morgan fingerprint density at radius 3 is 2.69 bits per heavy atom. The highest BCUT2D eigenvalue weighted by Crippen LogP contribution is 2.39. The van der Waals surface area contributed by atoms with Gasteiger partial charge < -0.3 is 10.6 Å². The summed E-state index contributed by atoms with van der Waals surface area (Å²) in [5, 5.41) is 26.5. The summed E-state index contributed by atoms with van der Waals surface area (Å²) in [6.45, 7) is 7.33. The first-order valence-electron chi connectivity index (χ1n) is 13.5. The molecule has 6 rings (SSSR count). The molecule has 0 spiro atoms. The molecule has 0 aliphatic carbocycles. The summed E-state index contributed by atoms with van der Waals surface area (Å²) in [7, 11) is 0. The molecule has 0 saturated carbocycles. The minimum absolute atomic E-state index is 0.0995. The highest BCUT2D eigenvalue weighted by Gasteiger charge is 2.32. The number of thiophene rings is 1. The van der Waals surface area contributed by atoms with Crippen molar-refractivity contribution in [1.82, 2.24) is 25.1 Å². The number of carbonyl (C=O) groups excluding carboxylic acids is 1. The van der Waals surface area contributed by atoms with Gasteiger partial charge in [0.2, 0.25) is 5.91 Å². The molecule has 3 aromatic heterocycles. The molecule has 4 heterocycles. The quantitative estimate of drug-likeness (QED) is 0.198. The van der Waals surface area contributed by atoms with Gasteiger partial charge in [0.1, 0.15) is 22.9 Å². The number of halogens is 1. The van der Waals surface area contributed by atoms with Crippen LogP contribution in [-0.4, -0.2) is 44.5 Å². The first kappa shape index (κ1) is 28.0. The number of nitriles is 1. The standard InChI is InChI=1S/C30H27ClN8OS2/c1-16-17(2)41-30-27(16)28(19-5-7-20(31)8-6-19)36-23(29-38-37-18(3)39(29)30)14-25(40)34-12-4-11-33-21-9-10-24-22(13-21)35-26(15-32)42-24/h5-10,13,23,33H,4,11-12,14H2,1-3H3,(H,34,40)/t23-/m0/s1. The van der Waals surface area contributed by atoms with Gasteiger partial charge in [-0.05, 0) is 63.1 Å². The lowest BCUT2D eigenvalue weighted by Gasteiger charge is -2.13. The Labute approximate surface area is 255 Å². The fourth-order valence-electron chi connectivity index (χ4n) is 5.01. The molecule has 1 aliphatic heterocycles. The van der Waals surface area contributed by atoms with Crippen molar-refractivity contribution < 1.29 is 4.79 Å². The van der Waals surface area contributed by atoms with Gasteiger partial charge in [0.25, 0.3) is 0 Å². The van der Waals surface area contributed by atoms with E-state index in [0.717, 1.165) is 55.6 Å². The van der Waals surface area contributed by atoms with Gasteiger partial charge in [-0.25, -0.2) is 4.98 Å². The van der Waals surface area contributed by atoms with Gasteiger partial charge in [0.15, 0.2) is 10.8 Å². The Bertz CT molecular complexity index is 1880. The number of rotatable bonds is 8. The van der Waals surface area contributed by atoms with Gasteiger partial charge in [0.05, 0.1) is 22.3 Å². The Hall–Kier alpha value is -4.11. The second kappa shape index (κ2) is 11.6. The predicted octanol–water partition coefficient (Wildman–Crippen LogP) is 6.29. The minimum Gasteiger partial charge on any atom is -0.385 e. The first-order chi connectivity index (χ1) is 20.3. The van der Waals surface area contributed by atoms with E-state index >= 15 is 0 Å². The SMILES string of the molecule is Cc1sc2c(c1C)C(c1ccc(Cl)cc1)=N[C@@H](CC(=O)NCCCNc1ccc3sc(C#N)nc3c1)c1nnc(C)n1-2. The highest BCUT2D eigenvalue weighted by atomic mass is 35.5. The zero-order valence-electron chi connectivity index (χ0n) is 23.2. The van der Waals surface area contributed by atoms with E-state index in [0.29, 0.717) is 28.9 Å². The van der Waals surface area contributed by atoms with Crippen LogP contribution in [0, 0.1) is 32.1 Å². The second-order valence-corrected chi connectivity index (χ2v) is 12.7. The van der Waals surface area contributed by atoms with E-state index in [4.69, 9.17) is 21.9 Å². The third-order valence-electron chi connectivity index (χ3n) is 7.22. The molecule has 12 heteroatoms. The lowest BCUT2D eigenvalue weighted by molar-refractivity contribution is -0.121. The van der Waals surface area contributed by atoms with E-state index in [2.05, 4.69) is 45.7 Å². The van der Waals surface area contributed by atoms with E-state index in [1.165, 1.54) is 16.2 Å². The summed E-state index contributed by atoms with van der Waals surface area (Å²) in [4.78, 5) is 23.8. The van der Waals surface area contributed by atoms with Crippen LogP contribution in [-0.2, 0) is 4.79 Å². The maximum atomic E-state index is 13.2. The number of carbonyl (C=O) groups is 1. The number of amides is 1. The van der Waals surface area contributed by atoms with Crippen LogP contribution in [0.25, 0.3) is 15.2 Å². The summed E-state index contributed by atoms with van der Waals surface area (Å²) in [6, 6.07) is 15.1. The number of hydrogen-bond acceptors (Lipinski definition) is 9. The zero-order chi connectivity index (χ0) is 29.4. The largest absolute Gasteiger partial charge is 0.385 e. The van der Waals surface area contributed by atoms with Crippen molar-refractivity contribution in [2.24, 2.45) is 4.99 Å². The number of nitrogens with zero attached hydrogens (tertiary/aromatic N) is 6. The summed E-state index contributed by atoms with van der Waals surface area (Å²) in [5.74, 6) is 1.32. The van der Waals surface area contributed by atoms with Crippen molar-refractivity contribution in [3.8, 4) is 11.1 Å². The van der Waals surface area contributed by atoms with Gasteiger partial charge >= 0.3 is 0 Å². The minimum atomic E-state index is -0.502. The van der Waals surface area contributed by atoms with Gasteiger partial charge in [-0.3, -0.25) is 14.4 Å². The van der Waals surface area contributed by atoms with Crippen LogP contribution in [0.4, 0.5) is 5.69 Å². The van der Waals surface area contributed by atoms with Crippen molar-refractivity contribution in [2.75, 3.05) is 18.4 Å². The van der Waals surface area contributed by atoms with Crippen LogP contribution in [0.15, 0.2) is 47.5 Å². The summed E-state index contributed by atoms with van der Waals surface area (Å²) in [5.41, 5.74) is 5.69. The summed E-state index contributed by atoms with van der Waals surface area (Å²) in [6.07, 6.45) is 0.886. The third-order valence-corrected chi connectivity index (χ3v) is 9.61. The summed E-state index contributed by atoms with van der Waals surface area (Å²) < 4.78 is 3.03. The lowest BCUT2D eigenvalue weighted by atomic mass is 9.99. The number of anilines is 1. The Morgan fingerprint density at radius 2 is 1.90 bits per heavy atom. The molecular weight excluding hydrogens is 588 g/mol. The molecule has 2 aromatic carbocycles. The molecule has 0 fully saturated rings. The molecule has 212 valence electrons. The van der Waals surface area contributed by atoms with Crippen molar-refractivity contribution in [3.05, 3.63) is 85.7 Å². The number of hydrogen-bond donors (Lipinski definition) is 2. The second-order valence-electron chi connectivity index (χ2n) is 10.1. The van der Waals surface area contributed by atoms with E-state index in [-0.39, 0.29) is 12.3 Å². The molecule has 1 aliphatic rings. The maximum absolute atomic E-state index is 13.2. The number of thiazole rings is 1. The molecule has 42 heavy (non-hydrogen) atoms. The van der Waals surface area contributed by atoms with E-state index in [1.54, 1.807) is 11.3 Å². The molecule has 1 atom stereocenters. The Balaban J connectivity index is 1.16. The fourth-order valence-corrected chi connectivity index (χ4v) is 7.10. The van der Waals surface area contributed by atoms with Crippen LogP contribution < -0.4 is 10.6 Å². The summed E-state index contributed by atoms with van der Waals surface area (Å²) >= 11 is 9.26. The number of aromatic nitrogens is 4. The molecule has 2 N–H and O–H groups in total. The van der Waals surface area contributed by atoms with Gasteiger partial charge in [-0.2, -0.15) is 5.26 Å². The van der Waals surface area contributed by atoms with E-state index < -0.39 is 6.04 Å². The zero-order valence-corrected chi connectivity index (χ0v) is 25.6. The molecule has 9 nitrogen and oxygen atoms in total. The lowest BCUT2D eigenvalue weighted by Crippen LogP contribution is -2.27. The molecule has 5 aromatic rings. The predicted molar refractivity (Wildman–Crippen MR) is 168 cm³/mol. The molecular formula is C30H27ClN8OS2.